The molecule has 0 unspecified atom stereocenters. The van der Waals surface area contributed by atoms with Crippen molar-refractivity contribution in [3.8, 4) is 0 Å². The van der Waals surface area contributed by atoms with Gasteiger partial charge in [0.05, 0.1) is 0 Å². The number of nitrogens with zero attached hydrogens (tertiary/aromatic N) is 1. The summed E-state index contributed by atoms with van der Waals surface area (Å²) in [5.41, 5.74) is 0.979. The van der Waals surface area contributed by atoms with Crippen LogP contribution in [-0.4, -0.2) is 13.3 Å². The predicted octanol–water partition coefficient (Wildman–Crippen LogP) is 3.01. The van der Waals surface area contributed by atoms with Crippen LogP contribution in [0.15, 0.2) is 42.0 Å². The Balaban J connectivity index is 0. The standard InChI is InChI=1S/C8H11N.C2H6/c1-4-6-8(5-2)7-9-3;1-2/h4-7H,1-2H2,3H3;1-2H3/b8-6+,9-7?;. The minimum atomic E-state index is 0.979. The van der Waals surface area contributed by atoms with Gasteiger partial charge in [-0.2, -0.15) is 0 Å². The molecule has 0 radical (unpaired) electrons. The highest BCUT2D eigenvalue weighted by Crippen LogP contribution is 1.90. The van der Waals surface area contributed by atoms with E-state index in [4.69, 9.17) is 0 Å². The lowest BCUT2D eigenvalue weighted by Gasteiger charge is -1.84. The Hall–Kier alpha value is -1.11. The molecule has 0 fully saturated rings. The van der Waals surface area contributed by atoms with E-state index in [1.54, 1.807) is 25.4 Å². The van der Waals surface area contributed by atoms with Gasteiger partial charge in [0.15, 0.2) is 0 Å². The van der Waals surface area contributed by atoms with E-state index in [0.29, 0.717) is 0 Å². The number of allylic oxidation sites excluding steroid dienone is 4. The molecule has 1 nitrogen and oxygen atoms in total. The zero-order valence-electron chi connectivity index (χ0n) is 7.67. The molecule has 0 bridgehead atoms. The minimum absolute atomic E-state index is 0.979. The van der Waals surface area contributed by atoms with Crippen molar-refractivity contribution in [1.82, 2.24) is 0 Å². The summed E-state index contributed by atoms with van der Waals surface area (Å²) in [6, 6.07) is 0. The second-order valence-corrected chi connectivity index (χ2v) is 1.49. The molecule has 0 atom stereocenters. The number of aliphatic imine (C=N–C) groups is 1. The maximum absolute atomic E-state index is 3.81. The van der Waals surface area contributed by atoms with Crippen molar-refractivity contribution in [2.24, 2.45) is 4.99 Å². The number of hydrogen-bond donors (Lipinski definition) is 0. The molecule has 11 heavy (non-hydrogen) atoms. The molecule has 0 heterocycles. The molecule has 0 saturated heterocycles. The van der Waals surface area contributed by atoms with E-state index < -0.39 is 0 Å². The lowest BCUT2D eigenvalue weighted by Crippen LogP contribution is -1.75. The van der Waals surface area contributed by atoms with E-state index in [1.807, 2.05) is 19.9 Å². The molecule has 0 aromatic carbocycles. The van der Waals surface area contributed by atoms with Gasteiger partial charge in [-0.15, -0.1) is 0 Å². The van der Waals surface area contributed by atoms with Gasteiger partial charge in [-0.1, -0.05) is 45.2 Å². The molecule has 0 aromatic heterocycles. The molecule has 0 aliphatic heterocycles. The van der Waals surface area contributed by atoms with Gasteiger partial charge in [0.25, 0.3) is 0 Å². The molecule has 0 rings (SSSR count). The van der Waals surface area contributed by atoms with Gasteiger partial charge in [-0.3, -0.25) is 4.99 Å². The number of rotatable bonds is 3. The molecular weight excluding hydrogens is 134 g/mol. The number of hydrogen-bond acceptors (Lipinski definition) is 1. The molecule has 0 spiro atoms. The zero-order valence-corrected chi connectivity index (χ0v) is 7.67. The summed E-state index contributed by atoms with van der Waals surface area (Å²) < 4.78 is 0. The van der Waals surface area contributed by atoms with Crippen LogP contribution in [0.4, 0.5) is 0 Å². The first-order valence-corrected chi connectivity index (χ1v) is 3.72. The molecule has 0 N–H and O–H groups in total. The van der Waals surface area contributed by atoms with Crippen LogP contribution in [0.2, 0.25) is 0 Å². The van der Waals surface area contributed by atoms with Crippen molar-refractivity contribution in [3.05, 3.63) is 37.0 Å². The van der Waals surface area contributed by atoms with E-state index in [0.717, 1.165) is 5.57 Å². The predicted molar refractivity (Wildman–Crippen MR) is 54.2 cm³/mol. The van der Waals surface area contributed by atoms with Crippen LogP contribution >= 0.6 is 0 Å². The van der Waals surface area contributed by atoms with Crippen LogP contribution in [0.5, 0.6) is 0 Å². The highest BCUT2D eigenvalue weighted by atomic mass is 14.6. The third-order valence-electron chi connectivity index (χ3n) is 0.824. The van der Waals surface area contributed by atoms with Crippen LogP contribution < -0.4 is 0 Å². The monoisotopic (exact) mass is 151 g/mol. The highest BCUT2D eigenvalue weighted by molar-refractivity contribution is 5.82. The van der Waals surface area contributed by atoms with E-state index in [-0.39, 0.29) is 0 Å². The molecule has 1 heteroatoms. The quantitative estimate of drug-likeness (QED) is 0.434. The first-order chi connectivity index (χ1) is 5.35. The van der Waals surface area contributed by atoms with Crippen LogP contribution in [0.1, 0.15) is 13.8 Å². The Morgan fingerprint density at radius 1 is 1.27 bits per heavy atom. The van der Waals surface area contributed by atoms with Gasteiger partial charge in [0, 0.05) is 13.3 Å². The van der Waals surface area contributed by atoms with Crippen molar-refractivity contribution in [3.63, 3.8) is 0 Å². The first kappa shape index (κ1) is 12.6. The average Bonchev–Trinajstić information content (AvgIpc) is 2.08. The highest BCUT2D eigenvalue weighted by Gasteiger charge is 1.77. The topological polar surface area (TPSA) is 12.4 Å². The van der Waals surface area contributed by atoms with E-state index in [2.05, 4.69) is 18.2 Å². The molecule has 0 amide bonds. The Morgan fingerprint density at radius 3 is 2.09 bits per heavy atom. The van der Waals surface area contributed by atoms with Crippen molar-refractivity contribution >= 4 is 6.21 Å². The molecule has 0 aromatic rings. The summed E-state index contributed by atoms with van der Waals surface area (Å²) in [6.45, 7) is 11.1. The fraction of sp³-hybridized carbons (Fsp3) is 0.300. The van der Waals surface area contributed by atoms with E-state index >= 15 is 0 Å². The molecule has 0 saturated carbocycles. The Morgan fingerprint density at radius 2 is 1.82 bits per heavy atom. The van der Waals surface area contributed by atoms with Crippen LogP contribution in [0.3, 0.4) is 0 Å². The van der Waals surface area contributed by atoms with Gasteiger partial charge in [0.2, 0.25) is 0 Å². The average molecular weight is 151 g/mol. The van der Waals surface area contributed by atoms with E-state index in [9.17, 15) is 0 Å². The summed E-state index contributed by atoms with van der Waals surface area (Å²) in [5, 5.41) is 0. The maximum Gasteiger partial charge on any atom is 0.0281 e. The third kappa shape index (κ3) is 8.89. The lowest BCUT2D eigenvalue weighted by atomic mass is 10.3. The van der Waals surface area contributed by atoms with Crippen LogP contribution in [0.25, 0.3) is 0 Å². The largest absolute Gasteiger partial charge is 0.296 e. The Kier molecular flexibility index (Phi) is 13.3. The van der Waals surface area contributed by atoms with Crippen molar-refractivity contribution in [2.75, 3.05) is 7.05 Å². The van der Waals surface area contributed by atoms with Crippen LogP contribution in [0, 0.1) is 0 Å². The fourth-order valence-corrected chi connectivity index (χ4v) is 0.449. The normalized spacial score (nSPS) is 10.3. The van der Waals surface area contributed by atoms with Crippen molar-refractivity contribution in [1.29, 1.82) is 0 Å². The molecule has 0 aliphatic rings. The second-order valence-electron chi connectivity index (χ2n) is 1.49. The zero-order chi connectivity index (χ0) is 9.11. The van der Waals surface area contributed by atoms with Gasteiger partial charge >= 0.3 is 0 Å². The SMILES string of the molecule is C=C/C=C(\C=C)C=NC.CC. The van der Waals surface area contributed by atoms with Crippen LogP contribution in [-0.2, 0) is 0 Å². The lowest BCUT2D eigenvalue weighted by molar-refractivity contribution is 1.47. The smallest absolute Gasteiger partial charge is 0.0281 e. The van der Waals surface area contributed by atoms with E-state index in [1.165, 1.54) is 0 Å². The Labute approximate surface area is 69.9 Å². The van der Waals surface area contributed by atoms with Gasteiger partial charge < -0.3 is 0 Å². The summed E-state index contributed by atoms with van der Waals surface area (Å²) in [6.07, 6.45) is 7.02. The van der Waals surface area contributed by atoms with Crippen molar-refractivity contribution in [2.45, 2.75) is 13.8 Å². The molecule has 62 valence electrons. The second kappa shape index (κ2) is 11.7. The van der Waals surface area contributed by atoms with Crippen molar-refractivity contribution < 1.29 is 0 Å². The summed E-state index contributed by atoms with van der Waals surface area (Å²) in [7, 11) is 1.72. The summed E-state index contributed by atoms with van der Waals surface area (Å²) >= 11 is 0. The van der Waals surface area contributed by atoms with Gasteiger partial charge in [0.1, 0.15) is 0 Å². The first-order valence-electron chi connectivity index (χ1n) is 3.72. The summed E-state index contributed by atoms with van der Waals surface area (Å²) in [4.78, 5) is 3.81. The summed E-state index contributed by atoms with van der Waals surface area (Å²) in [5.74, 6) is 0. The Bertz CT molecular complexity index is 152. The maximum atomic E-state index is 3.81. The van der Waals surface area contributed by atoms with Gasteiger partial charge in [-0.25, -0.2) is 0 Å². The fourth-order valence-electron chi connectivity index (χ4n) is 0.449. The molecular formula is C10H17N. The van der Waals surface area contributed by atoms with Gasteiger partial charge in [-0.05, 0) is 5.57 Å². The molecule has 0 aliphatic carbocycles. The third-order valence-corrected chi connectivity index (χ3v) is 0.824. The minimum Gasteiger partial charge on any atom is -0.296 e.